The van der Waals surface area contributed by atoms with Crippen LogP contribution in [0, 0.1) is 0 Å². The molecule has 2 aromatic carbocycles. The van der Waals surface area contributed by atoms with E-state index in [2.05, 4.69) is 24.3 Å². The number of carboxylic acid groups (broad SMARTS) is 1. The van der Waals surface area contributed by atoms with Crippen molar-refractivity contribution in [1.82, 2.24) is 4.90 Å². The van der Waals surface area contributed by atoms with Gasteiger partial charge in [-0.3, -0.25) is 4.90 Å². The van der Waals surface area contributed by atoms with Gasteiger partial charge in [0.15, 0.2) is 0 Å². The molecule has 6 heteroatoms. The Morgan fingerprint density at radius 2 is 1.68 bits per heavy atom. The van der Waals surface area contributed by atoms with Gasteiger partial charge in [0.1, 0.15) is 12.6 Å². The van der Waals surface area contributed by atoms with Crippen LogP contribution in [0.5, 0.6) is 0 Å². The summed E-state index contributed by atoms with van der Waals surface area (Å²) in [5, 5.41) is 9.70. The first-order valence-corrected chi connectivity index (χ1v) is 11.1. The van der Waals surface area contributed by atoms with Crippen molar-refractivity contribution in [3.63, 3.8) is 0 Å². The first kappa shape index (κ1) is 21.4. The van der Waals surface area contributed by atoms with Crippen molar-refractivity contribution in [3.8, 4) is 11.1 Å². The van der Waals surface area contributed by atoms with Crippen molar-refractivity contribution in [2.24, 2.45) is 0 Å². The van der Waals surface area contributed by atoms with Gasteiger partial charge in [-0.1, -0.05) is 48.5 Å². The molecular weight excluding hydrogens is 394 g/mol. The van der Waals surface area contributed by atoms with Crippen LogP contribution >= 0.6 is 0 Å². The number of rotatable bonds is 9. The number of nitrogens with zero attached hydrogens (tertiary/aromatic N) is 1. The van der Waals surface area contributed by atoms with Crippen molar-refractivity contribution < 1.29 is 24.2 Å². The molecule has 1 N–H and O–H groups in total. The fraction of sp³-hybridized carbons (Fsp3) is 0.440. The molecule has 0 unspecified atom stereocenters. The Bertz CT molecular complexity index is 894. The molecule has 0 bridgehead atoms. The van der Waals surface area contributed by atoms with Crippen LogP contribution in [0.2, 0.25) is 0 Å². The highest BCUT2D eigenvalue weighted by Gasteiger charge is 2.33. The van der Waals surface area contributed by atoms with Gasteiger partial charge in [0.05, 0.1) is 6.10 Å². The maximum absolute atomic E-state index is 12.9. The summed E-state index contributed by atoms with van der Waals surface area (Å²) < 4.78 is 11.4. The summed E-state index contributed by atoms with van der Waals surface area (Å²) >= 11 is 0. The zero-order valence-electron chi connectivity index (χ0n) is 17.8. The second-order valence-corrected chi connectivity index (χ2v) is 8.16. The maximum atomic E-state index is 12.9. The van der Waals surface area contributed by atoms with Crippen molar-refractivity contribution >= 4 is 12.1 Å². The monoisotopic (exact) mass is 423 g/mol. The van der Waals surface area contributed by atoms with Crippen LogP contribution in [-0.4, -0.2) is 54.0 Å². The lowest BCUT2D eigenvalue weighted by molar-refractivity contribution is -0.143. The number of aliphatic carboxylic acids is 1. The largest absolute Gasteiger partial charge is 0.480 e. The lowest BCUT2D eigenvalue weighted by atomic mass is 9.96. The van der Waals surface area contributed by atoms with Gasteiger partial charge in [0.25, 0.3) is 0 Å². The van der Waals surface area contributed by atoms with Crippen molar-refractivity contribution in [2.45, 2.75) is 50.7 Å². The molecular formula is C25H29NO5. The Kier molecular flexibility index (Phi) is 6.56. The number of hydrogen-bond donors (Lipinski definition) is 1. The predicted molar refractivity (Wildman–Crippen MR) is 117 cm³/mol. The van der Waals surface area contributed by atoms with Crippen molar-refractivity contribution in [3.05, 3.63) is 59.7 Å². The molecule has 1 atom stereocenters. The van der Waals surface area contributed by atoms with Crippen LogP contribution in [0.1, 0.15) is 49.7 Å². The molecule has 0 spiro atoms. The highest BCUT2D eigenvalue weighted by molar-refractivity contribution is 5.81. The molecule has 0 aromatic heterocycles. The molecule has 2 aliphatic carbocycles. The minimum atomic E-state index is -1.03. The Labute approximate surface area is 182 Å². The van der Waals surface area contributed by atoms with E-state index in [0.29, 0.717) is 6.61 Å². The maximum Gasteiger partial charge on any atom is 0.410 e. The summed E-state index contributed by atoms with van der Waals surface area (Å²) in [5.41, 5.74) is 4.57. The highest BCUT2D eigenvalue weighted by Crippen LogP contribution is 2.44. The molecule has 0 aliphatic heterocycles. The fourth-order valence-corrected chi connectivity index (χ4v) is 4.45. The van der Waals surface area contributed by atoms with E-state index < -0.39 is 18.1 Å². The van der Waals surface area contributed by atoms with Gasteiger partial charge in [0.2, 0.25) is 0 Å². The summed E-state index contributed by atoms with van der Waals surface area (Å²) in [6.45, 7) is 2.53. The molecule has 4 rings (SSSR count). The van der Waals surface area contributed by atoms with Gasteiger partial charge >= 0.3 is 12.1 Å². The number of carboxylic acids is 1. The molecule has 1 saturated carbocycles. The lowest BCUT2D eigenvalue weighted by Gasteiger charge is -2.30. The van der Waals surface area contributed by atoms with Crippen LogP contribution in [-0.2, 0) is 14.3 Å². The van der Waals surface area contributed by atoms with E-state index in [1.807, 2.05) is 24.3 Å². The predicted octanol–water partition coefficient (Wildman–Crippen LogP) is 4.67. The minimum absolute atomic E-state index is 0.0553. The Morgan fingerprint density at radius 3 is 2.19 bits per heavy atom. The van der Waals surface area contributed by atoms with Gasteiger partial charge < -0.3 is 14.6 Å². The number of fused-ring (bicyclic) bond motifs is 3. The zero-order chi connectivity index (χ0) is 21.8. The number of carbonyl (C=O) groups excluding carboxylic acids is 1. The van der Waals surface area contributed by atoms with Crippen molar-refractivity contribution in [2.75, 3.05) is 19.8 Å². The number of ether oxygens (including phenoxy) is 2. The number of hydrogen-bond acceptors (Lipinski definition) is 4. The Balaban J connectivity index is 1.42. The Hall–Kier alpha value is -2.86. The second kappa shape index (κ2) is 9.52. The molecule has 2 aliphatic rings. The van der Waals surface area contributed by atoms with Crippen LogP contribution in [0.15, 0.2) is 48.5 Å². The van der Waals surface area contributed by atoms with E-state index in [0.717, 1.165) is 41.5 Å². The average Bonchev–Trinajstić information content (AvgIpc) is 3.06. The molecule has 2 aromatic rings. The lowest BCUT2D eigenvalue weighted by Crippen LogP contribution is -2.46. The van der Waals surface area contributed by atoms with Crippen LogP contribution in [0.25, 0.3) is 11.1 Å². The molecule has 1 amide bonds. The summed E-state index contributed by atoms with van der Waals surface area (Å²) in [5.74, 6) is -1.09. The van der Waals surface area contributed by atoms with Crippen molar-refractivity contribution in [1.29, 1.82) is 0 Å². The molecule has 1 fully saturated rings. The summed E-state index contributed by atoms with van der Waals surface area (Å²) in [6.07, 6.45) is 3.11. The normalized spacial score (nSPS) is 16.2. The zero-order valence-corrected chi connectivity index (χ0v) is 17.8. The third-order valence-electron chi connectivity index (χ3n) is 6.37. The number of amides is 1. The van der Waals surface area contributed by atoms with Gasteiger partial charge in [-0.25, -0.2) is 9.59 Å². The Morgan fingerprint density at radius 1 is 1.06 bits per heavy atom. The first-order chi connectivity index (χ1) is 15.1. The van der Waals surface area contributed by atoms with E-state index in [9.17, 15) is 14.7 Å². The number of likely N-dealkylation sites (N-methyl/N-ethyl adjacent to an activating group) is 1. The van der Waals surface area contributed by atoms with Gasteiger partial charge in [-0.2, -0.15) is 0 Å². The fourth-order valence-electron chi connectivity index (χ4n) is 4.45. The average molecular weight is 424 g/mol. The van der Waals surface area contributed by atoms with Gasteiger partial charge in [0, 0.05) is 25.5 Å². The smallest absolute Gasteiger partial charge is 0.410 e. The van der Waals surface area contributed by atoms with E-state index in [1.54, 1.807) is 6.92 Å². The molecule has 31 heavy (non-hydrogen) atoms. The summed E-state index contributed by atoms with van der Waals surface area (Å²) in [6, 6.07) is 15.3. The molecule has 6 nitrogen and oxygen atoms in total. The standard InChI is InChI=1S/C25H29NO5/c1-2-26(23(24(27)28)14-15-30-17-8-7-9-17)25(29)31-16-22-20-12-5-3-10-18(20)19-11-4-6-13-21(19)22/h3-6,10-13,17,22-23H,2,7-9,14-16H2,1H3,(H,27,28)/t23-/m0/s1. The van der Waals surface area contributed by atoms with E-state index >= 15 is 0 Å². The third-order valence-corrected chi connectivity index (χ3v) is 6.37. The van der Waals surface area contributed by atoms with E-state index in [-0.39, 0.29) is 31.6 Å². The molecule has 164 valence electrons. The van der Waals surface area contributed by atoms with Crippen LogP contribution in [0.4, 0.5) is 4.79 Å². The second-order valence-electron chi connectivity index (χ2n) is 8.16. The molecule has 0 saturated heterocycles. The van der Waals surface area contributed by atoms with Gasteiger partial charge in [-0.15, -0.1) is 0 Å². The summed E-state index contributed by atoms with van der Waals surface area (Å²) in [4.78, 5) is 26.0. The van der Waals surface area contributed by atoms with Crippen LogP contribution < -0.4 is 0 Å². The highest BCUT2D eigenvalue weighted by atomic mass is 16.6. The SMILES string of the molecule is CCN(C(=O)OCC1c2ccccc2-c2ccccc21)[C@@H](CCOC1CCC1)C(=O)O. The third kappa shape index (κ3) is 4.44. The minimum Gasteiger partial charge on any atom is -0.480 e. The van der Waals surface area contributed by atoms with Gasteiger partial charge in [-0.05, 0) is 48.4 Å². The van der Waals surface area contributed by atoms with Crippen LogP contribution in [0.3, 0.4) is 0 Å². The number of carbonyl (C=O) groups is 2. The molecule has 0 heterocycles. The van der Waals surface area contributed by atoms with E-state index in [1.165, 1.54) is 4.90 Å². The van der Waals surface area contributed by atoms with E-state index in [4.69, 9.17) is 9.47 Å². The summed E-state index contributed by atoms with van der Waals surface area (Å²) in [7, 11) is 0. The number of benzene rings is 2. The quantitative estimate of drug-likeness (QED) is 0.634. The molecule has 0 radical (unpaired) electrons. The topological polar surface area (TPSA) is 76.1 Å². The first-order valence-electron chi connectivity index (χ1n) is 11.1.